The first-order valence-electron chi connectivity index (χ1n) is 6.17. The molecule has 0 spiro atoms. The highest BCUT2D eigenvalue weighted by atomic mass is 16.2. The Hall–Kier alpha value is -2.18. The van der Waals surface area contributed by atoms with E-state index in [0.29, 0.717) is 23.9 Å². The first kappa shape index (κ1) is 13.3. The Morgan fingerprint density at radius 1 is 1.37 bits per heavy atom. The van der Waals surface area contributed by atoms with E-state index in [9.17, 15) is 9.59 Å². The Morgan fingerprint density at radius 2 is 2.05 bits per heavy atom. The average Bonchev–Trinajstić information content (AvgIpc) is 2.65. The van der Waals surface area contributed by atoms with Crippen molar-refractivity contribution in [3.8, 4) is 0 Å². The quantitative estimate of drug-likeness (QED) is 0.757. The molecule has 0 aliphatic carbocycles. The molecule has 1 aliphatic heterocycles. The van der Waals surface area contributed by atoms with E-state index in [1.807, 2.05) is 6.92 Å². The van der Waals surface area contributed by atoms with Gasteiger partial charge in [0.2, 0.25) is 5.91 Å². The number of hydrogen-bond acceptors (Lipinski definition) is 6. The number of likely N-dealkylation sites (tertiary alicyclic amines) is 1. The van der Waals surface area contributed by atoms with E-state index in [1.165, 1.54) is 7.05 Å². The maximum Gasteiger partial charge on any atom is 0.251 e. The molecule has 7 nitrogen and oxygen atoms in total. The zero-order chi connectivity index (χ0) is 14.0. The summed E-state index contributed by atoms with van der Waals surface area (Å²) in [6.07, 6.45) is 0.858. The van der Waals surface area contributed by atoms with Gasteiger partial charge >= 0.3 is 0 Å². The number of rotatable bonds is 4. The van der Waals surface area contributed by atoms with Gasteiger partial charge in [0, 0.05) is 26.6 Å². The Kier molecular flexibility index (Phi) is 3.64. The normalized spacial score (nSPS) is 18.9. The Bertz CT molecular complexity index is 495. The fourth-order valence-corrected chi connectivity index (χ4v) is 1.90. The maximum atomic E-state index is 11.8. The minimum atomic E-state index is -0.540. The molecule has 2 N–H and O–H groups in total. The van der Waals surface area contributed by atoms with Crippen LogP contribution in [-0.4, -0.2) is 46.8 Å². The topological polar surface area (TPSA) is 87.2 Å². The first-order chi connectivity index (χ1) is 9.05. The number of nitrogens with one attached hydrogen (secondary N) is 2. The molecule has 7 heteroatoms. The zero-order valence-electron chi connectivity index (χ0n) is 11.2. The van der Waals surface area contributed by atoms with E-state index in [4.69, 9.17) is 0 Å². The van der Waals surface area contributed by atoms with Crippen LogP contribution in [0.1, 0.15) is 19.2 Å². The molecule has 1 fully saturated rings. The molecule has 2 rings (SSSR count). The van der Waals surface area contributed by atoms with Gasteiger partial charge in [0.1, 0.15) is 23.5 Å². The summed E-state index contributed by atoms with van der Waals surface area (Å²) >= 11 is 0. The highest BCUT2D eigenvalue weighted by Crippen LogP contribution is 2.18. The lowest BCUT2D eigenvalue weighted by atomic mass is 10.2. The lowest BCUT2D eigenvalue weighted by molar-refractivity contribution is -0.136. The minimum Gasteiger partial charge on any atom is -0.373 e. The number of nitrogens with zero attached hydrogens (tertiary/aromatic N) is 3. The SMILES string of the molecule is CCc1nc(NC)cc(NC2CC(=O)N(C)C2=O)n1. The summed E-state index contributed by atoms with van der Waals surface area (Å²) in [5, 5.41) is 5.94. The van der Waals surface area contributed by atoms with E-state index < -0.39 is 6.04 Å². The second-order valence-corrected chi connectivity index (χ2v) is 4.35. The number of imide groups is 1. The Balaban J connectivity index is 2.19. The predicted molar refractivity (Wildman–Crippen MR) is 70.8 cm³/mol. The van der Waals surface area contributed by atoms with Crippen molar-refractivity contribution in [2.45, 2.75) is 25.8 Å². The fraction of sp³-hybridized carbons (Fsp3) is 0.500. The van der Waals surface area contributed by atoms with E-state index in [-0.39, 0.29) is 18.2 Å². The molecule has 0 aromatic carbocycles. The van der Waals surface area contributed by atoms with Crippen molar-refractivity contribution in [1.29, 1.82) is 0 Å². The second kappa shape index (κ2) is 5.21. The second-order valence-electron chi connectivity index (χ2n) is 4.35. The van der Waals surface area contributed by atoms with Gasteiger partial charge in [0.05, 0.1) is 6.42 Å². The van der Waals surface area contributed by atoms with Gasteiger partial charge in [0.15, 0.2) is 0 Å². The summed E-state index contributed by atoms with van der Waals surface area (Å²) in [6, 6.07) is 1.18. The first-order valence-corrected chi connectivity index (χ1v) is 6.17. The van der Waals surface area contributed by atoms with E-state index in [0.717, 1.165) is 4.90 Å². The van der Waals surface area contributed by atoms with Crippen molar-refractivity contribution in [2.24, 2.45) is 0 Å². The molecule has 1 atom stereocenters. The molecular weight excluding hydrogens is 246 g/mol. The summed E-state index contributed by atoms with van der Waals surface area (Å²) in [5.41, 5.74) is 0. The van der Waals surface area contributed by atoms with Crippen molar-refractivity contribution < 1.29 is 9.59 Å². The van der Waals surface area contributed by atoms with Crippen LogP contribution in [0.5, 0.6) is 0 Å². The molecule has 1 saturated heterocycles. The minimum absolute atomic E-state index is 0.162. The highest BCUT2D eigenvalue weighted by Gasteiger charge is 2.36. The molecule has 0 radical (unpaired) electrons. The molecule has 2 amide bonds. The predicted octanol–water partition coefficient (Wildman–Crippen LogP) is 0.250. The van der Waals surface area contributed by atoms with Gasteiger partial charge in [-0.2, -0.15) is 0 Å². The number of amides is 2. The van der Waals surface area contributed by atoms with Crippen molar-refractivity contribution in [1.82, 2.24) is 14.9 Å². The summed E-state index contributed by atoms with van der Waals surface area (Å²) in [4.78, 5) is 33.0. The monoisotopic (exact) mass is 263 g/mol. The highest BCUT2D eigenvalue weighted by molar-refractivity contribution is 6.06. The van der Waals surface area contributed by atoms with E-state index >= 15 is 0 Å². The van der Waals surface area contributed by atoms with Gasteiger partial charge in [-0.15, -0.1) is 0 Å². The number of likely N-dealkylation sites (N-methyl/N-ethyl adjacent to an activating group) is 1. The molecule has 0 bridgehead atoms. The van der Waals surface area contributed by atoms with Crippen LogP contribution in [-0.2, 0) is 16.0 Å². The molecule has 1 aromatic rings. The van der Waals surface area contributed by atoms with Crippen molar-refractivity contribution >= 4 is 23.5 Å². The van der Waals surface area contributed by atoms with Crippen LogP contribution in [0.4, 0.5) is 11.6 Å². The van der Waals surface area contributed by atoms with Crippen molar-refractivity contribution in [3.63, 3.8) is 0 Å². The van der Waals surface area contributed by atoms with Crippen LogP contribution in [0.2, 0.25) is 0 Å². The lowest BCUT2D eigenvalue weighted by Gasteiger charge is -2.13. The van der Waals surface area contributed by atoms with Crippen LogP contribution in [0.15, 0.2) is 6.07 Å². The Labute approximate surface area is 111 Å². The fourth-order valence-electron chi connectivity index (χ4n) is 1.90. The van der Waals surface area contributed by atoms with Gasteiger partial charge in [-0.3, -0.25) is 14.5 Å². The van der Waals surface area contributed by atoms with Crippen LogP contribution in [0.25, 0.3) is 0 Å². The van der Waals surface area contributed by atoms with Crippen molar-refractivity contribution in [2.75, 3.05) is 24.7 Å². The number of aromatic nitrogens is 2. The number of aryl methyl sites for hydroxylation is 1. The molecule has 102 valence electrons. The molecule has 0 saturated carbocycles. The molecule has 1 unspecified atom stereocenters. The summed E-state index contributed by atoms with van der Waals surface area (Å²) in [5.74, 6) is 1.50. The number of carbonyl (C=O) groups excluding carboxylic acids is 2. The van der Waals surface area contributed by atoms with Gasteiger partial charge in [0.25, 0.3) is 5.91 Å². The lowest BCUT2D eigenvalue weighted by Crippen LogP contribution is -2.32. The van der Waals surface area contributed by atoms with Crippen LogP contribution in [0.3, 0.4) is 0 Å². The molecule has 1 aliphatic rings. The largest absolute Gasteiger partial charge is 0.373 e. The zero-order valence-corrected chi connectivity index (χ0v) is 11.2. The van der Waals surface area contributed by atoms with Crippen LogP contribution < -0.4 is 10.6 Å². The third kappa shape index (κ3) is 2.64. The van der Waals surface area contributed by atoms with Gasteiger partial charge in [-0.05, 0) is 0 Å². The van der Waals surface area contributed by atoms with Gasteiger partial charge < -0.3 is 10.6 Å². The standard InChI is InChI=1S/C12H17N5O2/c1-4-8-15-9(13-2)6-10(16-8)14-7-5-11(18)17(3)12(7)19/h6-7H,4-5H2,1-3H3,(H2,13,14,15,16). The smallest absolute Gasteiger partial charge is 0.251 e. The Morgan fingerprint density at radius 3 is 2.58 bits per heavy atom. The third-order valence-corrected chi connectivity index (χ3v) is 3.05. The summed E-state index contributed by atoms with van der Waals surface area (Å²) in [6.45, 7) is 1.95. The maximum absolute atomic E-state index is 11.8. The number of carbonyl (C=O) groups is 2. The third-order valence-electron chi connectivity index (χ3n) is 3.05. The van der Waals surface area contributed by atoms with Crippen molar-refractivity contribution in [3.05, 3.63) is 11.9 Å². The molecule has 1 aromatic heterocycles. The summed E-state index contributed by atoms with van der Waals surface area (Å²) in [7, 11) is 3.26. The molecule has 2 heterocycles. The summed E-state index contributed by atoms with van der Waals surface area (Å²) < 4.78 is 0. The number of anilines is 2. The van der Waals surface area contributed by atoms with Crippen LogP contribution >= 0.6 is 0 Å². The van der Waals surface area contributed by atoms with E-state index in [2.05, 4.69) is 20.6 Å². The van der Waals surface area contributed by atoms with E-state index in [1.54, 1.807) is 13.1 Å². The van der Waals surface area contributed by atoms with Gasteiger partial charge in [-0.25, -0.2) is 9.97 Å². The average molecular weight is 263 g/mol. The van der Waals surface area contributed by atoms with Gasteiger partial charge in [-0.1, -0.05) is 6.92 Å². The molecule has 19 heavy (non-hydrogen) atoms. The van der Waals surface area contributed by atoms with Crippen LogP contribution in [0, 0.1) is 0 Å². The number of hydrogen-bond donors (Lipinski definition) is 2. The molecular formula is C12H17N5O2.